The lowest BCUT2D eigenvalue weighted by Gasteiger charge is -2.31. The van der Waals surface area contributed by atoms with E-state index in [-0.39, 0.29) is 6.42 Å². The Bertz CT molecular complexity index is 1300. The number of hydrogen-bond acceptors (Lipinski definition) is 5. The Morgan fingerprint density at radius 2 is 1.66 bits per heavy atom. The second kappa shape index (κ2) is 8.83. The monoisotopic (exact) mass is 490 g/mol. The first-order valence-corrected chi connectivity index (χ1v) is 11.6. The van der Waals surface area contributed by atoms with Crippen molar-refractivity contribution < 1.29 is 24.2 Å². The molecule has 2 saturated heterocycles. The average Bonchev–Trinajstić information content (AvgIpc) is 3.34. The summed E-state index contributed by atoms with van der Waals surface area (Å²) in [6.45, 7) is 0. The van der Waals surface area contributed by atoms with Gasteiger partial charge in [-0.25, -0.2) is 4.90 Å². The van der Waals surface area contributed by atoms with Gasteiger partial charge in [0.25, 0.3) is 0 Å². The van der Waals surface area contributed by atoms with Crippen molar-refractivity contribution in [2.45, 2.75) is 18.0 Å². The first kappa shape index (κ1) is 23.1. The quantitative estimate of drug-likeness (QED) is 0.509. The predicted molar refractivity (Wildman–Crippen MR) is 130 cm³/mol. The molecule has 7 nitrogen and oxygen atoms in total. The van der Waals surface area contributed by atoms with E-state index in [1.165, 1.54) is 7.11 Å². The normalized spacial score (nSPS) is 25.5. The number of methoxy groups -OCH3 is 1. The highest BCUT2D eigenvalue weighted by atomic mass is 35.5. The van der Waals surface area contributed by atoms with E-state index in [9.17, 15) is 19.5 Å². The Labute approximate surface area is 207 Å². The molecule has 178 valence electrons. The number of carboxylic acids is 1. The summed E-state index contributed by atoms with van der Waals surface area (Å²) >= 11 is 6.07. The van der Waals surface area contributed by atoms with Crippen molar-refractivity contribution in [2.24, 2.45) is 11.8 Å². The van der Waals surface area contributed by atoms with E-state index in [1.807, 2.05) is 30.3 Å². The Balaban J connectivity index is 1.67. The molecule has 4 atom stereocenters. The summed E-state index contributed by atoms with van der Waals surface area (Å²) < 4.78 is 5.40. The number of anilines is 1. The van der Waals surface area contributed by atoms with Crippen LogP contribution in [0.1, 0.15) is 17.2 Å². The van der Waals surface area contributed by atoms with Crippen LogP contribution < -0.4 is 15.0 Å². The summed E-state index contributed by atoms with van der Waals surface area (Å²) in [6.07, 6.45) is 0.0349. The molecule has 35 heavy (non-hydrogen) atoms. The molecule has 0 aliphatic carbocycles. The van der Waals surface area contributed by atoms with Crippen LogP contribution in [-0.4, -0.2) is 35.5 Å². The van der Waals surface area contributed by atoms with Crippen LogP contribution >= 0.6 is 11.6 Å². The van der Waals surface area contributed by atoms with E-state index in [0.29, 0.717) is 22.0 Å². The fourth-order valence-electron chi connectivity index (χ4n) is 5.36. The van der Waals surface area contributed by atoms with E-state index in [0.717, 1.165) is 10.5 Å². The number of para-hydroxylation sites is 2. The number of nitrogens with one attached hydrogen (secondary N) is 1. The molecule has 8 heteroatoms. The number of rotatable bonds is 6. The molecule has 0 unspecified atom stereocenters. The predicted octanol–water partition coefficient (Wildman–Crippen LogP) is 3.86. The summed E-state index contributed by atoms with van der Waals surface area (Å²) in [7, 11) is 1.46. The maximum Gasteiger partial charge on any atom is 0.325 e. The smallest absolute Gasteiger partial charge is 0.325 e. The van der Waals surface area contributed by atoms with Crippen molar-refractivity contribution >= 4 is 35.1 Å². The number of benzene rings is 3. The van der Waals surface area contributed by atoms with Gasteiger partial charge in [0, 0.05) is 17.5 Å². The molecule has 0 bridgehead atoms. The number of nitrogens with zero attached hydrogens (tertiary/aromatic N) is 1. The highest BCUT2D eigenvalue weighted by molar-refractivity contribution is 6.30. The molecule has 2 N–H and O–H groups in total. The van der Waals surface area contributed by atoms with Gasteiger partial charge in [-0.2, -0.15) is 0 Å². The second-order valence-corrected chi connectivity index (χ2v) is 9.24. The number of fused-ring (bicyclic) bond motifs is 1. The van der Waals surface area contributed by atoms with Crippen molar-refractivity contribution in [1.29, 1.82) is 0 Å². The molecule has 2 fully saturated rings. The number of hydrogen-bond donors (Lipinski definition) is 2. The molecule has 2 heterocycles. The van der Waals surface area contributed by atoms with Gasteiger partial charge < -0.3 is 9.84 Å². The standard InChI is InChI=1S/C27H23ClN2O5/c1-35-20-10-6-5-9-19(20)30-24(31)21-22(25(30)32)27(26(33)34,15-16-7-3-2-4-8-16)29-23(21)17-11-13-18(28)14-12-17/h2-14,21-23,29H,15H2,1H3,(H,33,34)/t21-,22-,23-,27-/m0/s1. The molecule has 0 spiro atoms. The minimum absolute atomic E-state index is 0.0349. The van der Waals surface area contributed by atoms with Crippen molar-refractivity contribution in [3.63, 3.8) is 0 Å². The van der Waals surface area contributed by atoms with Gasteiger partial charge in [0.2, 0.25) is 11.8 Å². The van der Waals surface area contributed by atoms with E-state index in [2.05, 4.69) is 5.32 Å². The third-order valence-corrected chi connectivity index (χ3v) is 7.17. The van der Waals surface area contributed by atoms with Crippen LogP contribution in [0.25, 0.3) is 0 Å². The number of ether oxygens (including phenoxy) is 1. The van der Waals surface area contributed by atoms with E-state index >= 15 is 0 Å². The van der Waals surface area contributed by atoms with Gasteiger partial charge in [-0.15, -0.1) is 0 Å². The summed E-state index contributed by atoms with van der Waals surface area (Å²) in [6, 6.07) is 22.0. The molecular weight excluding hydrogens is 468 g/mol. The lowest BCUT2D eigenvalue weighted by molar-refractivity contribution is -0.148. The molecule has 3 aromatic rings. The number of aliphatic carboxylic acids is 1. The summed E-state index contributed by atoms with van der Waals surface area (Å²) in [5.74, 6) is -3.91. The molecule has 0 aromatic heterocycles. The van der Waals surface area contributed by atoms with Crippen molar-refractivity contribution in [1.82, 2.24) is 5.32 Å². The fraction of sp³-hybridized carbons (Fsp3) is 0.222. The number of carboxylic acid groups (broad SMARTS) is 1. The summed E-state index contributed by atoms with van der Waals surface area (Å²) in [5.41, 5.74) is 0.0329. The van der Waals surface area contributed by atoms with Crippen LogP contribution in [0.15, 0.2) is 78.9 Å². The van der Waals surface area contributed by atoms with Crippen LogP contribution in [-0.2, 0) is 20.8 Å². The maximum atomic E-state index is 13.9. The van der Waals surface area contributed by atoms with Gasteiger partial charge in [-0.1, -0.05) is 66.2 Å². The van der Waals surface area contributed by atoms with Crippen molar-refractivity contribution in [2.75, 3.05) is 12.0 Å². The number of halogens is 1. The van der Waals surface area contributed by atoms with E-state index in [4.69, 9.17) is 16.3 Å². The molecule has 2 aliphatic heterocycles. The van der Waals surface area contributed by atoms with Gasteiger partial charge in [-0.05, 0) is 35.4 Å². The SMILES string of the molecule is COc1ccccc1N1C(=O)[C@H]2[C@@H](C1=O)[C@@](Cc1ccccc1)(C(=O)O)N[C@H]2c1ccc(Cl)cc1. The third kappa shape index (κ3) is 3.68. The molecule has 0 saturated carbocycles. The zero-order chi connectivity index (χ0) is 24.7. The number of amides is 2. The van der Waals surface area contributed by atoms with Crippen LogP contribution in [0.5, 0.6) is 5.75 Å². The molecule has 0 radical (unpaired) electrons. The first-order valence-electron chi connectivity index (χ1n) is 11.2. The van der Waals surface area contributed by atoms with Crippen molar-refractivity contribution in [3.8, 4) is 5.75 Å². The zero-order valence-electron chi connectivity index (χ0n) is 18.9. The van der Waals surface area contributed by atoms with E-state index in [1.54, 1.807) is 48.5 Å². The lowest BCUT2D eigenvalue weighted by Crippen LogP contribution is -2.57. The van der Waals surface area contributed by atoms with Crippen LogP contribution in [0.4, 0.5) is 5.69 Å². The van der Waals surface area contributed by atoms with Gasteiger partial charge in [0.05, 0.1) is 24.6 Å². The second-order valence-electron chi connectivity index (χ2n) is 8.80. The fourth-order valence-corrected chi connectivity index (χ4v) is 5.49. The number of carbonyl (C=O) groups is 3. The van der Waals surface area contributed by atoms with Gasteiger partial charge in [0.1, 0.15) is 11.3 Å². The maximum absolute atomic E-state index is 13.9. The molecule has 2 aliphatic rings. The Morgan fingerprint density at radius 3 is 2.31 bits per heavy atom. The summed E-state index contributed by atoms with van der Waals surface area (Å²) in [4.78, 5) is 41.8. The molecule has 5 rings (SSSR count). The number of imide groups is 1. The van der Waals surface area contributed by atoms with Gasteiger partial charge in [-0.3, -0.25) is 19.7 Å². The first-order chi connectivity index (χ1) is 16.9. The van der Waals surface area contributed by atoms with Crippen LogP contribution in [0.2, 0.25) is 5.02 Å². The van der Waals surface area contributed by atoms with Gasteiger partial charge >= 0.3 is 5.97 Å². The van der Waals surface area contributed by atoms with E-state index < -0.39 is 41.2 Å². The topological polar surface area (TPSA) is 95.9 Å². The molecule has 2 amide bonds. The Morgan fingerprint density at radius 1 is 1.00 bits per heavy atom. The Hall–Kier alpha value is -3.68. The van der Waals surface area contributed by atoms with Crippen molar-refractivity contribution in [3.05, 3.63) is 95.0 Å². The lowest BCUT2D eigenvalue weighted by atomic mass is 9.76. The molecule has 3 aromatic carbocycles. The zero-order valence-corrected chi connectivity index (χ0v) is 19.6. The number of carbonyl (C=O) groups excluding carboxylic acids is 2. The molecular formula is C27H23ClN2O5. The third-order valence-electron chi connectivity index (χ3n) is 6.92. The summed E-state index contributed by atoms with van der Waals surface area (Å²) in [5, 5.41) is 14.3. The van der Waals surface area contributed by atoms with Gasteiger partial charge in [0.15, 0.2) is 0 Å². The van der Waals surface area contributed by atoms with Crippen LogP contribution in [0.3, 0.4) is 0 Å². The van der Waals surface area contributed by atoms with Crippen LogP contribution in [0, 0.1) is 11.8 Å². The average molecular weight is 491 g/mol. The largest absolute Gasteiger partial charge is 0.495 e. The highest BCUT2D eigenvalue weighted by Crippen LogP contribution is 2.51. The minimum Gasteiger partial charge on any atom is -0.495 e. The minimum atomic E-state index is -1.69. The highest BCUT2D eigenvalue weighted by Gasteiger charge is 2.68. The Kier molecular flexibility index (Phi) is 5.83.